The standard InChI is InChI=1S/C22H38N4O.HI/c1-4-27-16-10-8-14-24-22(23-3)25-17-20-12-5-6-13-21(20)18-26-15-9-7-11-19(26)2;/h5-6,12-13,19H,4,7-11,14-18H2,1-3H3,(H2,23,24,25);1H. The Labute approximate surface area is 188 Å². The molecule has 0 bridgehead atoms. The van der Waals surface area contributed by atoms with E-state index in [0.717, 1.165) is 51.6 Å². The first-order valence-corrected chi connectivity index (χ1v) is 10.6. The van der Waals surface area contributed by atoms with Crippen LogP contribution in [-0.2, 0) is 17.8 Å². The van der Waals surface area contributed by atoms with Crippen molar-refractivity contribution in [2.75, 3.05) is 33.4 Å². The number of halogens is 1. The van der Waals surface area contributed by atoms with Crippen LogP contribution >= 0.6 is 24.0 Å². The molecule has 1 atom stereocenters. The van der Waals surface area contributed by atoms with E-state index in [0.29, 0.717) is 6.04 Å². The van der Waals surface area contributed by atoms with Crippen LogP contribution in [0.1, 0.15) is 57.1 Å². The van der Waals surface area contributed by atoms with Gasteiger partial charge in [0.05, 0.1) is 0 Å². The number of aliphatic imine (C=N–C) groups is 1. The van der Waals surface area contributed by atoms with E-state index in [1.807, 2.05) is 14.0 Å². The van der Waals surface area contributed by atoms with Crippen molar-refractivity contribution in [3.63, 3.8) is 0 Å². The van der Waals surface area contributed by atoms with Crippen molar-refractivity contribution in [2.24, 2.45) is 4.99 Å². The second-order valence-electron chi connectivity index (χ2n) is 7.34. The molecule has 160 valence electrons. The molecule has 1 fully saturated rings. The molecule has 0 aromatic heterocycles. The third-order valence-corrected chi connectivity index (χ3v) is 5.31. The van der Waals surface area contributed by atoms with Gasteiger partial charge in [-0.1, -0.05) is 30.7 Å². The first kappa shape index (κ1) is 25.2. The Morgan fingerprint density at radius 3 is 2.68 bits per heavy atom. The fourth-order valence-corrected chi connectivity index (χ4v) is 3.58. The molecule has 1 aromatic carbocycles. The second kappa shape index (κ2) is 15.0. The lowest BCUT2D eigenvalue weighted by atomic mass is 10.0. The number of likely N-dealkylation sites (tertiary alicyclic amines) is 1. The lowest BCUT2D eigenvalue weighted by Gasteiger charge is -2.33. The predicted octanol–water partition coefficient (Wildman–Crippen LogP) is 4.16. The van der Waals surface area contributed by atoms with Crippen LogP contribution < -0.4 is 10.6 Å². The minimum Gasteiger partial charge on any atom is -0.382 e. The summed E-state index contributed by atoms with van der Waals surface area (Å²) in [5, 5.41) is 6.86. The lowest BCUT2D eigenvalue weighted by molar-refractivity contribution is 0.143. The zero-order valence-corrected chi connectivity index (χ0v) is 20.2. The SMILES string of the molecule is CCOCCCCNC(=NC)NCc1ccccc1CN1CCCCC1C.I. The van der Waals surface area contributed by atoms with Crippen LogP contribution in [0, 0.1) is 0 Å². The molecular formula is C22H39IN4O. The van der Waals surface area contributed by atoms with Crippen molar-refractivity contribution in [2.45, 2.75) is 65.1 Å². The normalized spacial score (nSPS) is 17.8. The summed E-state index contributed by atoms with van der Waals surface area (Å²) in [5.41, 5.74) is 2.78. The highest BCUT2D eigenvalue weighted by atomic mass is 127. The number of ether oxygens (including phenoxy) is 1. The molecule has 0 spiro atoms. The van der Waals surface area contributed by atoms with Crippen molar-refractivity contribution >= 4 is 29.9 Å². The lowest BCUT2D eigenvalue weighted by Crippen LogP contribution is -2.38. The quantitative estimate of drug-likeness (QED) is 0.218. The van der Waals surface area contributed by atoms with E-state index in [1.54, 1.807) is 0 Å². The summed E-state index contributed by atoms with van der Waals surface area (Å²) >= 11 is 0. The molecule has 28 heavy (non-hydrogen) atoms. The maximum atomic E-state index is 5.38. The van der Waals surface area contributed by atoms with Gasteiger partial charge in [-0.2, -0.15) is 0 Å². The van der Waals surface area contributed by atoms with Crippen LogP contribution in [0.2, 0.25) is 0 Å². The topological polar surface area (TPSA) is 48.9 Å². The molecule has 1 unspecified atom stereocenters. The summed E-state index contributed by atoms with van der Waals surface area (Å²) in [6.07, 6.45) is 6.18. The molecule has 6 heteroatoms. The number of benzene rings is 1. The second-order valence-corrected chi connectivity index (χ2v) is 7.34. The molecule has 1 heterocycles. The first-order chi connectivity index (χ1) is 13.2. The Morgan fingerprint density at radius 1 is 1.18 bits per heavy atom. The molecule has 2 N–H and O–H groups in total. The molecular weight excluding hydrogens is 463 g/mol. The van der Waals surface area contributed by atoms with Gasteiger partial charge >= 0.3 is 0 Å². The van der Waals surface area contributed by atoms with Crippen LogP contribution in [0.25, 0.3) is 0 Å². The molecule has 1 aromatic rings. The third-order valence-electron chi connectivity index (χ3n) is 5.31. The minimum atomic E-state index is 0. The van der Waals surface area contributed by atoms with E-state index < -0.39 is 0 Å². The van der Waals surface area contributed by atoms with Gasteiger partial charge in [0.1, 0.15) is 0 Å². The molecule has 1 aliphatic heterocycles. The highest BCUT2D eigenvalue weighted by molar-refractivity contribution is 14.0. The summed E-state index contributed by atoms with van der Waals surface area (Å²) in [6.45, 7) is 10.0. The number of unbranched alkanes of at least 4 members (excludes halogenated alkanes) is 1. The molecule has 0 radical (unpaired) electrons. The van der Waals surface area contributed by atoms with E-state index >= 15 is 0 Å². The Balaban J connectivity index is 0.00000392. The predicted molar refractivity (Wildman–Crippen MR) is 130 cm³/mol. The molecule has 0 saturated carbocycles. The van der Waals surface area contributed by atoms with Gasteiger partial charge in [0, 0.05) is 45.9 Å². The van der Waals surface area contributed by atoms with Crippen molar-refractivity contribution in [3.05, 3.63) is 35.4 Å². The number of rotatable bonds is 10. The first-order valence-electron chi connectivity index (χ1n) is 10.6. The van der Waals surface area contributed by atoms with Crippen molar-refractivity contribution < 1.29 is 4.74 Å². The number of nitrogens with zero attached hydrogens (tertiary/aromatic N) is 2. The van der Waals surface area contributed by atoms with Gasteiger partial charge in [-0.25, -0.2) is 0 Å². The Morgan fingerprint density at radius 2 is 1.96 bits per heavy atom. The van der Waals surface area contributed by atoms with Gasteiger partial charge < -0.3 is 15.4 Å². The number of piperidine rings is 1. The molecule has 0 amide bonds. The van der Waals surface area contributed by atoms with E-state index in [2.05, 4.69) is 51.7 Å². The average Bonchev–Trinajstić information content (AvgIpc) is 2.69. The van der Waals surface area contributed by atoms with E-state index in [4.69, 9.17) is 4.74 Å². The maximum absolute atomic E-state index is 5.38. The zero-order valence-electron chi connectivity index (χ0n) is 17.9. The van der Waals surface area contributed by atoms with Gasteiger partial charge in [-0.05, 0) is 57.2 Å². The molecule has 5 nitrogen and oxygen atoms in total. The summed E-state index contributed by atoms with van der Waals surface area (Å²) in [4.78, 5) is 6.97. The van der Waals surface area contributed by atoms with Gasteiger partial charge in [-0.3, -0.25) is 9.89 Å². The molecule has 2 rings (SSSR count). The Hall–Kier alpha value is -0.860. The van der Waals surface area contributed by atoms with Crippen LogP contribution in [0.4, 0.5) is 0 Å². The highest BCUT2D eigenvalue weighted by Crippen LogP contribution is 2.20. The van der Waals surface area contributed by atoms with Crippen LogP contribution in [0.5, 0.6) is 0 Å². The smallest absolute Gasteiger partial charge is 0.191 e. The average molecular weight is 502 g/mol. The molecule has 1 aliphatic rings. The zero-order chi connectivity index (χ0) is 19.3. The monoisotopic (exact) mass is 502 g/mol. The summed E-state index contributed by atoms with van der Waals surface area (Å²) < 4.78 is 5.38. The van der Waals surface area contributed by atoms with E-state index in [-0.39, 0.29) is 24.0 Å². The van der Waals surface area contributed by atoms with Crippen molar-refractivity contribution in [3.8, 4) is 0 Å². The highest BCUT2D eigenvalue weighted by Gasteiger charge is 2.19. The number of hydrogen-bond donors (Lipinski definition) is 2. The van der Waals surface area contributed by atoms with Crippen LogP contribution in [0.15, 0.2) is 29.3 Å². The molecule has 0 aliphatic carbocycles. The Bertz CT molecular complexity index is 567. The largest absolute Gasteiger partial charge is 0.382 e. The number of guanidine groups is 1. The van der Waals surface area contributed by atoms with E-state index in [9.17, 15) is 0 Å². The van der Waals surface area contributed by atoms with Gasteiger partial charge in [0.25, 0.3) is 0 Å². The minimum absolute atomic E-state index is 0. The maximum Gasteiger partial charge on any atom is 0.191 e. The van der Waals surface area contributed by atoms with Gasteiger partial charge in [0.2, 0.25) is 0 Å². The van der Waals surface area contributed by atoms with Crippen LogP contribution in [0.3, 0.4) is 0 Å². The van der Waals surface area contributed by atoms with Crippen LogP contribution in [-0.4, -0.2) is 50.3 Å². The van der Waals surface area contributed by atoms with E-state index in [1.165, 1.54) is 36.9 Å². The van der Waals surface area contributed by atoms with Crippen molar-refractivity contribution in [1.29, 1.82) is 0 Å². The Kier molecular flexibility index (Phi) is 13.5. The van der Waals surface area contributed by atoms with Crippen molar-refractivity contribution in [1.82, 2.24) is 15.5 Å². The van der Waals surface area contributed by atoms with Gasteiger partial charge in [0.15, 0.2) is 5.96 Å². The third kappa shape index (κ3) is 9.09. The number of hydrogen-bond acceptors (Lipinski definition) is 3. The fraction of sp³-hybridized carbons (Fsp3) is 0.682. The summed E-state index contributed by atoms with van der Waals surface area (Å²) in [6, 6.07) is 9.46. The fourth-order valence-electron chi connectivity index (χ4n) is 3.58. The number of nitrogens with one attached hydrogen (secondary N) is 2. The summed E-state index contributed by atoms with van der Waals surface area (Å²) in [5.74, 6) is 0.868. The summed E-state index contributed by atoms with van der Waals surface area (Å²) in [7, 11) is 1.83. The molecule has 1 saturated heterocycles. The van der Waals surface area contributed by atoms with Gasteiger partial charge in [-0.15, -0.1) is 24.0 Å².